The van der Waals surface area contributed by atoms with Gasteiger partial charge in [-0.25, -0.2) is 0 Å². The molecule has 1 aliphatic rings. The number of carboxylic acids is 1. The van der Waals surface area contributed by atoms with E-state index in [0.29, 0.717) is 15.1 Å². The minimum Gasteiger partial charge on any atom is -0.481 e. The summed E-state index contributed by atoms with van der Waals surface area (Å²) in [6.45, 7) is 4.22. The van der Waals surface area contributed by atoms with E-state index in [-0.39, 0.29) is 50.4 Å². The third kappa shape index (κ3) is 4.43. The Bertz CT molecular complexity index is 1770. The second-order valence-electron chi connectivity index (χ2n) is 9.97. The molecule has 2 heterocycles. The summed E-state index contributed by atoms with van der Waals surface area (Å²) in [6.07, 6.45) is -0.262. The van der Waals surface area contributed by atoms with Gasteiger partial charge in [0.1, 0.15) is 0 Å². The van der Waals surface area contributed by atoms with Gasteiger partial charge in [0.15, 0.2) is 0 Å². The standard InChI is InChI=1S/C30H23F6NO3S2/c1-14-22(15(2)42-26(14)17-8-10-18(11-9-17)27(40)37-13-12-21(38)39)24-25(29(33,34)30(35,36)28(24,31)32)23-16(3)41-20-7-5-4-6-19(20)23/h4-11H,12-13H2,1-3H3,(H,37,40)(H,38,39). The van der Waals surface area contributed by atoms with E-state index in [1.54, 1.807) is 12.1 Å². The van der Waals surface area contributed by atoms with E-state index in [0.717, 1.165) is 22.7 Å². The largest absolute Gasteiger partial charge is 0.481 e. The number of carbonyl (C=O) groups excluding carboxylic acids is 1. The number of carbonyl (C=O) groups is 2. The quantitative estimate of drug-likeness (QED) is 0.203. The van der Waals surface area contributed by atoms with Crippen molar-refractivity contribution in [3.05, 3.63) is 80.5 Å². The number of aliphatic carboxylic acids is 1. The Hall–Kier alpha value is -3.64. The molecule has 0 saturated carbocycles. The molecule has 2 aromatic carbocycles. The Morgan fingerprint density at radius 2 is 1.38 bits per heavy atom. The van der Waals surface area contributed by atoms with E-state index < -0.39 is 40.8 Å². The lowest BCUT2D eigenvalue weighted by molar-refractivity contribution is -0.254. The molecule has 12 heteroatoms. The average molecular weight is 624 g/mol. The molecule has 2 N–H and O–H groups in total. The van der Waals surface area contributed by atoms with Gasteiger partial charge < -0.3 is 10.4 Å². The molecule has 0 bridgehead atoms. The number of aryl methyl sites for hydroxylation is 2. The van der Waals surface area contributed by atoms with Crippen LogP contribution < -0.4 is 5.32 Å². The van der Waals surface area contributed by atoms with E-state index in [1.807, 2.05) is 0 Å². The third-order valence-electron chi connectivity index (χ3n) is 7.29. The zero-order valence-corrected chi connectivity index (χ0v) is 24.0. The molecule has 0 aliphatic heterocycles. The zero-order valence-electron chi connectivity index (χ0n) is 22.4. The number of alkyl halides is 6. The van der Waals surface area contributed by atoms with Gasteiger partial charge in [-0.15, -0.1) is 22.7 Å². The average Bonchev–Trinajstić information content (AvgIpc) is 3.43. The van der Waals surface area contributed by atoms with Crippen LogP contribution in [0.3, 0.4) is 0 Å². The second-order valence-corrected chi connectivity index (χ2v) is 12.4. The Balaban J connectivity index is 1.66. The van der Waals surface area contributed by atoms with Gasteiger partial charge in [-0.05, 0) is 50.1 Å². The monoisotopic (exact) mass is 623 g/mol. The van der Waals surface area contributed by atoms with Crippen molar-refractivity contribution in [2.45, 2.75) is 45.0 Å². The number of hydrogen-bond donors (Lipinski definition) is 2. The smallest absolute Gasteiger partial charge is 0.380 e. The topological polar surface area (TPSA) is 66.4 Å². The van der Waals surface area contributed by atoms with Gasteiger partial charge in [0.2, 0.25) is 0 Å². The number of halogens is 6. The number of fused-ring (bicyclic) bond motifs is 1. The van der Waals surface area contributed by atoms with Gasteiger partial charge in [-0.1, -0.05) is 30.3 Å². The van der Waals surface area contributed by atoms with Crippen molar-refractivity contribution in [2.75, 3.05) is 6.54 Å². The fourth-order valence-electron chi connectivity index (χ4n) is 5.32. The summed E-state index contributed by atoms with van der Waals surface area (Å²) < 4.78 is 93.1. The van der Waals surface area contributed by atoms with Gasteiger partial charge in [-0.2, -0.15) is 26.3 Å². The van der Waals surface area contributed by atoms with Gasteiger partial charge in [0.05, 0.1) is 6.42 Å². The fourth-order valence-corrected chi connectivity index (χ4v) is 7.57. The molecule has 1 aliphatic carbocycles. The van der Waals surface area contributed by atoms with Crippen molar-refractivity contribution in [1.82, 2.24) is 5.32 Å². The molecular formula is C30H23F6NO3S2. The van der Waals surface area contributed by atoms with E-state index in [4.69, 9.17) is 5.11 Å². The lowest BCUT2D eigenvalue weighted by Gasteiger charge is -2.26. The predicted octanol–water partition coefficient (Wildman–Crippen LogP) is 8.59. The Morgan fingerprint density at radius 1 is 0.810 bits per heavy atom. The molecule has 4 nitrogen and oxygen atoms in total. The fraction of sp³-hybridized carbons (Fsp3) is 0.267. The predicted molar refractivity (Wildman–Crippen MR) is 152 cm³/mol. The van der Waals surface area contributed by atoms with E-state index >= 15 is 26.3 Å². The first kappa shape index (κ1) is 29.8. The van der Waals surface area contributed by atoms with Crippen molar-refractivity contribution in [3.8, 4) is 10.4 Å². The summed E-state index contributed by atoms with van der Waals surface area (Å²) in [5, 5.41) is 11.4. The molecule has 0 unspecified atom stereocenters. The summed E-state index contributed by atoms with van der Waals surface area (Å²) in [6, 6.07) is 12.2. The van der Waals surface area contributed by atoms with Gasteiger partial charge >= 0.3 is 23.7 Å². The van der Waals surface area contributed by atoms with Crippen LogP contribution in [-0.4, -0.2) is 41.3 Å². The number of nitrogens with one attached hydrogen (secondary N) is 1. The van der Waals surface area contributed by atoms with Crippen LogP contribution in [0.15, 0.2) is 48.5 Å². The van der Waals surface area contributed by atoms with Crippen LogP contribution >= 0.6 is 22.7 Å². The van der Waals surface area contributed by atoms with Crippen molar-refractivity contribution in [1.29, 1.82) is 0 Å². The lowest BCUT2D eigenvalue weighted by atomic mass is 9.90. The molecule has 42 heavy (non-hydrogen) atoms. The molecule has 0 fully saturated rings. The zero-order chi connectivity index (χ0) is 30.8. The molecular weight excluding hydrogens is 600 g/mol. The summed E-state index contributed by atoms with van der Waals surface area (Å²) >= 11 is 2.07. The molecule has 1 amide bonds. The van der Waals surface area contributed by atoms with Crippen LogP contribution in [-0.2, 0) is 4.79 Å². The second kappa shape index (κ2) is 10.3. The van der Waals surface area contributed by atoms with Crippen LogP contribution in [0.25, 0.3) is 31.7 Å². The number of thiophene rings is 2. The number of hydrogen-bond acceptors (Lipinski definition) is 4. The van der Waals surface area contributed by atoms with E-state index in [2.05, 4.69) is 5.32 Å². The number of benzene rings is 2. The number of amides is 1. The molecule has 2 aromatic heterocycles. The first-order valence-electron chi connectivity index (χ1n) is 12.7. The highest BCUT2D eigenvalue weighted by molar-refractivity contribution is 7.19. The maximum absolute atomic E-state index is 15.6. The highest BCUT2D eigenvalue weighted by atomic mass is 32.1. The van der Waals surface area contributed by atoms with E-state index in [1.165, 1.54) is 57.2 Å². The molecule has 220 valence electrons. The third-order valence-corrected chi connectivity index (χ3v) is 9.64. The molecule has 0 atom stereocenters. The van der Waals surface area contributed by atoms with Gasteiger partial charge in [-0.3, -0.25) is 9.59 Å². The normalized spacial score (nSPS) is 17.2. The molecule has 4 aromatic rings. The Morgan fingerprint density at radius 3 is 2.00 bits per heavy atom. The minimum absolute atomic E-state index is 0.0810. The lowest BCUT2D eigenvalue weighted by Crippen LogP contribution is -2.49. The SMILES string of the molecule is Cc1sc(-c2ccc(C(=O)NCCC(=O)O)cc2)c(C)c1C1=C(c2c(C)sc3ccccc23)C(F)(F)C(F)(F)C1(F)F. The van der Waals surface area contributed by atoms with Crippen molar-refractivity contribution in [2.24, 2.45) is 0 Å². The number of carboxylic acid groups (broad SMARTS) is 1. The summed E-state index contributed by atoms with van der Waals surface area (Å²) in [5.41, 5.74) is -2.59. The maximum atomic E-state index is 15.6. The van der Waals surface area contributed by atoms with Crippen molar-refractivity contribution >= 4 is 55.8 Å². The van der Waals surface area contributed by atoms with Crippen LogP contribution in [0.4, 0.5) is 26.3 Å². The minimum atomic E-state index is -5.67. The van der Waals surface area contributed by atoms with Gasteiger partial charge in [0, 0.05) is 59.1 Å². The van der Waals surface area contributed by atoms with Crippen LogP contribution in [0.1, 0.15) is 43.2 Å². The summed E-state index contributed by atoms with van der Waals surface area (Å²) in [4.78, 5) is 23.8. The van der Waals surface area contributed by atoms with Crippen LogP contribution in [0.5, 0.6) is 0 Å². The van der Waals surface area contributed by atoms with Gasteiger partial charge in [0.25, 0.3) is 5.91 Å². The number of rotatable bonds is 7. The van der Waals surface area contributed by atoms with E-state index in [9.17, 15) is 9.59 Å². The Labute approximate surface area is 244 Å². The summed E-state index contributed by atoms with van der Waals surface area (Å²) in [7, 11) is 0. The first-order chi connectivity index (χ1) is 19.6. The molecule has 0 radical (unpaired) electrons. The summed E-state index contributed by atoms with van der Waals surface area (Å²) in [5.74, 6) is -17.6. The molecule has 0 spiro atoms. The first-order valence-corrected chi connectivity index (χ1v) is 14.3. The Kier molecular flexibility index (Phi) is 7.29. The van der Waals surface area contributed by atoms with Crippen LogP contribution in [0, 0.1) is 20.8 Å². The van der Waals surface area contributed by atoms with Crippen molar-refractivity contribution in [3.63, 3.8) is 0 Å². The highest BCUT2D eigenvalue weighted by Gasteiger charge is 2.80. The van der Waals surface area contributed by atoms with Crippen LogP contribution in [0.2, 0.25) is 0 Å². The molecule has 0 saturated heterocycles. The number of allylic oxidation sites excluding steroid dienone is 2. The maximum Gasteiger partial charge on any atom is 0.380 e. The highest BCUT2D eigenvalue weighted by Crippen LogP contribution is 2.67. The molecule has 5 rings (SSSR count). The van der Waals surface area contributed by atoms with Crippen molar-refractivity contribution < 1.29 is 41.0 Å².